The normalized spacial score (nSPS) is 42.6. The summed E-state index contributed by atoms with van der Waals surface area (Å²) in [7, 11) is 1.52. The second-order valence-electron chi connectivity index (χ2n) is 8.47. The summed E-state index contributed by atoms with van der Waals surface area (Å²) in [6.07, 6.45) is 9.59. The average molecular weight is 317 g/mol. The van der Waals surface area contributed by atoms with Crippen LogP contribution in [0.5, 0.6) is 0 Å². The zero-order valence-corrected chi connectivity index (χ0v) is 14.9. The number of ether oxygens (including phenoxy) is 1. The lowest BCUT2D eigenvalue weighted by Crippen LogP contribution is -2.54. The molecule has 1 saturated heterocycles. The van der Waals surface area contributed by atoms with E-state index in [2.05, 4.69) is 18.7 Å². The Bertz CT molecular complexity index is 540. The minimum atomic E-state index is -0.0380. The second kappa shape index (κ2) is 5.61. The molecule has 0 unspecified atom stereocenters. The Kier molecular flexibility index (Phi) is 3.83. The Morgan fingerprint density at radius 3 is 2.96 bits per heavy atom. The van der Waals surface area contributed by atoms with E-state index in [4.69, 9.17) is 4.74 Å². The van der Waals surface area contributed by atoms with Crippen molar-refractivity contribution in [2.75, 3.05) is 13.7 Å². The molecule has 128 valence electrons. The number of nitrogens with zero attached hydrogens (tertiary/aromatic N) is 1. The van der Waals surface area contributed by atoms with E-state index in [1.807, 2.05) is 0 Å². The maximum atomic E-state index is 11.8. The molecule has 23 heavy (non-hydrogen) atoms. The lowest BCUT2D eigenvalue weighted by molar-refractivity contribution is -0.141. The number of hydrogen-bond donors (Lipinski definition) is 0. The molecule has 3 nitrogen and oxygen atoms in total. The molecular weight excluding hydrogens is 286 g/mol. The summed E-state index contributed by atoms with van der Waals surface area (Å²) in [6.45, 7) is 6.14. The van der Waals surface area contributed by atoms with Gasteiger partial charge in [0.25, 0.3) is 0 Å². The number of esters is 1. The number of carbonyl (C=O) groups excluding carboxylic acids is 1. The van der Waals surface area contributed by atoms with Crippen LogP contribution in [0, 0.1) is 17.3 Å². The molecule has 0 N–H and O–H groups in total. The first-order chi connectivity index (χ1) is 11.1. The van der Waals surface area contributed by atoms with Crippen LogP contribution in [0.25, 0.3) is 0 Å². The maximum Gasteiger partial charge on any atom is 0.305 e. The van der Waals surface area contributed by atoms with Gasteiger partial charge in [0.05, 0.1) is 7.11 Å². The fourth-order valence-corrected chi connectivity index (χ4v) is 6.62. The van der Waals surface area contributed by atoms with Gasteiger partial charge in [-0.1, -0.05) is 24.5 Å². The minimum Gasteiger partial charge on any atom is -0.469 e. The van der Waals surface area contributed by atoms with Gasteiger partial charge in [-0.25, -0.2) is 0 Å². The summed E-state index contributed by atoms with van der Waals surface area (Å²) < 4.78 is 4.95. The van der Waals surface area contributed by atoms with Crippen molar-refractivity contribution in [3.8, 4) is 0 Å². The molecule has 0 aromatic carbocycles. The second-order valence-corrected chi connectivity index (χ2v) is 8.47. The number of methoxy groups -OCH3 is 1. The first-order valence-corrected chi connectivity index (χ1v) is 9.61. The average Bonchev–Trinajstić information content (AvgIpc) is 3.12. The van der Waals surface area contributed by atoms with E-state index in [1.165, 1.54) is 52.2 Å². The lowest BCUT2D eigenvalue weighted by atomic mass is 9.64. The molecule has 0 bridgehead atoms. The van der Waals surface area contributed by atoms with Crippen LogP contribution < -0.4 is 0 Å². The van der Waals surface area contributed by atoms with Crippen LogP contribution in [0.15, 0.2) is 11.1 Å². The third-order valence-corrected chi connectivity index (χ3v) is 7.69. The molecular formula is C20H31NO2. The summed E-state index contributed by atoms with van der Waals surface area (Å²) in [6, 6.07) is 1.40. The SMILES string of the molecule is COC(=O)CC[C@]12CC[C@@H]3[C@H](C)CN([C@@H]4CCCCC4=C1C)[C@@H]32. The van der Waals surface area contributed by atoms with Crippen molar-refractivity contribution in [3.63, 3.8) is 0 Å². The largest absolute Gasteiger partial charge is 0.469 e. The highest BCUT2D eigenvalue weighted by molar-refractivity contribution is 5.69. The summed E-state index contributed by atoms with van der Waals surface area (Å²) >= 11 is 0. The van der Waals surface area contributed by atoms with Gasteiger partial charge in [0, 0.05) is 30.5 Å². The Morgan fingerprint density at radius 2 is 2.17 bits per heavy atom. The predicted molar refractivity (Wildman–Crippen MR) is 91.0 cm³/mol. The highest BCUT2D eigenvalue weighted by Crippen LogP contribution is 2.62. The van der Waals surface area contributed by atoms with E-state index < -0.39 is 0 Å². The zero-order chi connectivity index (χ0) is 16.2. The molecule has 0 radical (unpaired) electrons. The lowest BCUT2D eigenvalue weighted by Gasteiger charge is -2.52. The van der Waals surface area contributed by atoms with Crippen LogP contribution in [0.1, 0.15) is 65.2 Å². The maximum absolute atomic E-state index is 11.8. The standard InChI is InChI=1S/C20H31NO2/c1-13-12-21-17-7-5-4-6-16(17)14(2)20(11-9-18(22)23-3)10-8-15(13)19(20)21/h13,15,17,19H,4-12H2,1-3H3/t13-,15-,17-,19+,20-/m1/s1. The predicted octanol–water partition coefficient (Wildman–Crippen LogP) is 3.93. The van der Waals surface area contributed by atoms with Crippen LogP contribution in [0.4, 0.5) is 0 Å². The van der Waals surface area contributed by atoms with Crippen LogP contribution in [-0.2, 0) is 9.53 Å². The summed E-state index contributed by atoms with van der Waals surface area (Å²) in [4.78, 5) is 14.7. The topological polar surface area (TPSA) is 29.5 Å². The third kappa shape index (κ3) is 2.15. The van der Waals surface area contributed by atoms with Crippen molar-refractivity contribution in [1.82, 2.24) is 4.90 Å². The van der Waals surface area contributed by atoms with Crippen molar-refractivity contribution in [2.24, 2.45) is 17.3 Å². The van der Waals surface area contributed by atoms with Crippen molar-refractivity contribution in [2.45, 2.75) is 77.3 Å². The summed E-state index contributed by atoms with van der Waals surface area (Å²) in [5.74, 6) is 1.61. The van der Waals surface area contributed by atoms with Gasteiger partial charge < -0.3 is 4.74 Å². The first-order valence-electron chi connectivity index (χ1n) is 9.61. The van der Waals surface area contributed by atoms with Crippen molar-refractivity contribution in [3.05, 3.63) is 11.1 Å². The molecule has 2 aliphatic carbocycles. The summed E-state index contributed by atoms with van der Waals surface area (Å²) in [5, 5.41) is 0. The monoisotopic (exact) mass is 317 g/mol. The number of rotatable bonds is 3. The van der Waals surface area contributed by atoms with Gasteiger partial charge in [0.15, 0.2) is 0 Å². The van der Waals surface area contributed by atoms with Crippen LogP contribution >= 0.6 is 0 Å². The highest BCUT2D eigenvalue weighted by Gasteiger charge is 2.61. The smallest absolute Gasteiger partial charge is 0.305 e. The fourth-order valence-electron chi connectivity index (χ4n) is 6.62. The van der Waals surface area contributed by atoms with Gasteiger partial charge >= 0.3 is 5.97 Å². The van der Waals surface area contributed by atoms with E-state index in [9.17, 15) is 4.79 Å². The third-order valence-electron chi connectivity index (χ3n) is 7.69. The Morgan fingerprint density at radius 1 is 1.35 bits per heavy atom. The molecule has 0 aromatic heterocycles. The van der Waals surface area contributed by atoms with E-state index in [-0.39, 0.29) is 11.4 Å². The van der Waals surface area contributed by atoms with Crippen molar-refractivity contribution in [1.29, 1.82) is 0 Å². The van der Waals surface area contributed by atoms with Crippen molar-refractivity contribution < 1.29 is 9.53 Å². The van der Waals surface area contributed by atoms with Gasteiger partial charge in [0.1, 0.15) is 0 Å². The molecule has 2 aliphatic heterocycles. The first kappa shape index (κ1) is 15.7. The van der Waals surface area contributed by atoms with E-state index in [0.29, 0.717) is 18.5 Å². The fraction of sp³-hybridized carbons (Fsp3) is 0.850. The molecule has 3 heteroatoms. The molecule has 4 rings (SSSR count). The summed E-state index contributed by atoms with van der Waals surface area (Å²) in [5.41, 5.74) is 3.67. The molecule has 5 atom stereocenters. The molecule has 0 amide bonds. The van der Waals surface area contributed by atoms with Crippen LogP contribution in [0.3, 0.4) is 0 Å². The minimum absolute atomic E-state index is 0.0380. The Balaban J connectivity index is 1.74. The van der Waals surface area contributed by atoms with E-state index in [0.717, 1.165) is 18.3 Å². The quantitative estimate of drug-likeness (QED) is 0.583. The molecule has 2 heterocycles. The van der Waals surface area contributed by atoms with E-state index in [1.54, 1.807) is 11.1 Å². The Hall–Kier alpha value is -0.830. The van der Waals surface area contributed by atoms with Gasteiger partial charge in [-0.3, -0.25) is 9.69 Å². The molecule has 0 spiro atoms. The van der Waals surface area contributed by atoms with Crippen molar-refractivity contribution >= 4 is 5.97 Å². The number of hydrogen-bond acceptors (Lipinski definition) is 3. The number of fused-ring (bicyclic) bond motifs is 2. The zero-order valence-electron chi connectivity index (χ0n) is 14.9. The van der Waals surface area contributed by atoms with Gasteiger partial charge in [-0.2, -0.15) is 0 Å². The van der Waals surface area contributed by atoms with Gasteiger partial charge in [-0.05, 0) is 57.3 Å². The molecule has 4 aliphatic rings. The van der Waals surface area contributed by atoms with Gasteiger partial charge in [-0.15, -0.1) is 0 Å². The Labute approximate surface area is 140 Å². The van der Waals surface area contributed by atoms with Gasteiger partial charge in [0.2, 0.25) is 0 Å². The molecule has 2 saturated carbocycles. The van der Waals surface area contributed by atoms with E-state index >= 15 is 0 Å². The molecule has 0 aromatic rings. The van der Waals surface area contributed by atoms with Crippen LogP contribution in [0.2, 0.25) is 0 Å². The molecule has 3 fully saturated rings. The number of carbonyl (C=O) groups is 1. The van der Waals surface area contributed by atoms with Crippen LogP contribution in [-0.4, -0.2) is 36.6 Å². The highest BCUT2D eigenvalue weighted by atomic mass is 16.5.